The molecule has 1 amide bonds. The minimum atomic E-state index is -3.10. The molecule has 0 radical (unpaired) electrons. The van der Waals surface area contributed by atoms with Crippen molar-refractivity contribution in [3.8, 4) is 0 Å². The lowest BCUT2D eigenvalue weighted by atomic mass is 9.90. The first kappa shape index (κ1) is 12.8. The Kier molecular flexibility index (Phi) is 3.00. The molecule has 1 aliphatic rings. The van der Waals surface area contributed by atoms with E-state index in [4.69, 9.17) is 0 Å². The van der Waals surface area contributed by atoms with Crippen LogP contribution in [0.15, 0.2) is 12.1 Å². The number of amides is 1. The van der Waals surface area contributed by atoms with E-state index < -0.39 is 24.7 Å². The summed E-state index contributed by atoms with van der Waals surface area (Å²) in [5.74, 6) is -3.10. The maximum absolute atomic E-state index is 13.8. The molecule has 0 bridgehead atoms. The number of carbonyl (C=O) groups excluding carboxylic acids is 1. The predicted molar refractivity (Wildman–Crippen MR) is 62.8 cm³/mol. The van der Waals surface area contributed by atoms with Gasteiger partial charge in [-0.05, 0) is 37.5 Å². The van der Waals surface area contributed by atoms with Gasteiger partial charge in [-0.2, -0.15) is 0 Å². The molecule has 18 heavy (non-hydrogen) atoms. The Morgan fingerprint density at radius 2 is 1.83 bits per heavy atom. The monoisotopic (exact) mass is 255 g/mol. The first-order valence-corrected chi connectivity index (χ1v) is 5.70. The van der Waals surface area contributed by atoms with Crippen LogP contribution in [0.3, 0.4) is 0 Å². The number of carbonyl (C=O) groups is 1. The van der Waals surface area contributed by atoms with Crippen molar-refractivity contribution in [2.45, 2.75) is 32.7 Å². The second-order valence-corrected chi connectivity index (χ2v) is 4.73. The van der Waals surface area contributed by atoms with Crippen LogP contribution >= 0.6 is 0 Å². The Labute approximate surface area is 104 Å². The standard InChI is InChI=1S/C13H15F2NO2/c1-7-4-8(2)10(9(3)5-7)11-13(14,15)6-18-12(17)16-11/h4-5,11H,6H2,1-3H3,(H,16,17)/t11-/m1/s1. The molecule has 1 aliphatic heterocycles. The van der Waals surface area contributed by atoms with Gasteiger partial charge in [0, 0.05) is 0 Å². The van der Waals surface area contributed by atoms with E-state index in [2.05, 4.69) is 10.1 Å². The van der Waals surface area contributed by atoms with Crippen LogP contribution in [0.5, 0.6) is 0 Å². The zero-order chi connectivity index (χ0) is 13.5. The van der Waals surface area contributed by atoms with Crippen LogP contribution in [0.25, 0.3) is 0 Å². The van der Waals surface area contributed by atoms with Gasteiger partial charge in [-0.15, -0.1) is 0 Å². The number of hydrogen-bond donors (Lipinski definition) is 1. The van der Waals surface area contributed by atoms with E-state index in [-0.39, 0.29) is 0 Å². The Hall–Kier alpha value is -1.65. The molecule has 2 rings (SSSR count). The highest BCUT2D eigenvalue weighted by Gasteiger charge is 2.47. The number of halogens is 2. The average Bonchev–Trinajstić information content (AvgIpc) is 2.22. The van der Waals surface area contributed by atoms with Gasteiger partial charge in [0.05, 0.1) is 0 Å². The maximum atomic E-state index is 13.8. The van der Waals surface area contributed by atoms with Crippen molar-refractivity contribution < 1.29 is 18.3 Å². The molecule has 0 saturated carbocycles. The number of ether oxygens (including phenoxy) is 1. The lowest BCUT2D eigenvalue weighted by Crippen LogP contribution is -2.50. The van der Waals surface area contributed by atoms with Crippen LogP contribution in [0, 0.1) is 20.8 Å². The second-order valence-electron chi connectivity index (χ2n) is 4.73. The molecule has 3 nitrogen and oxygen atoms in total. The molecule has 1 aromatic carbocycles. The summed E-state index contributed by atoms with van der Waals surface area (Å²) in [4.78, 5) is 11.2. The van der Waals surface area contributed by atoms with E-state index in [1.54, 1.807) is 13.8 Å². The molecule has 98 valence electrons. The van der Waals surface area contributed by atoms with E-state index in [0.717, 1.165) is 16.7 Å². The minimum absolute atomic E-state index is 0.474. The van der Waals surface area contributed by atoms with Gasteiger partial charge < -0.3 is 10.1 Å². The number of alkyl halides is 2. The largest absolute Gasteiger partial charge is 0.443 e. The summed E-state index contributed by atoms with van der Waals surface area (Å²) in [6, 6.07) is 2.35. The van der Waals surface area contributed by atoms with E-state index in [1.165, 1.54) is 0 Å². The van der Waals surface area contributed by atoms with Gasteiger partial charge in [-0.3, -0.25) is 0 Å². The normalized spacial score (nSPS) is 22.3. The summed E-state index contributed by atoms with van der Waals surface area (Å²) in [7, 11) is 0. The van der Waals surface area contributed by atoms with Gasteiger partial charge >= 0.3 is 12.0 Å². The van der Waals surface area contributed by atoms with Crippen LogP contribution in [0.4, 0.5) is 13.6 Å². The van der Waals surface area contributed by atoms with Crippen molar-refractivity contribution in [1.29, 1.82) is 0 Å². The summed E-state index contributed by atoms with van der Waals surface area (Å²) in [5, 5.41) is 2.21. The molecular formula is C13H15F2NO2. The molecule has 0 spiro atoms. The number of aryl methyl sites for hydroxylation is 3. The van der Waals surface area contributed by atoms with Crippen molar-refractivity contribution in [3.63, 3.8) is 0 Å². The SMILES string of the molecule is Cc1cc(C)c([C@H]2NC(=O)OCC2(F)F)c(C)c1. The molecule has 1 atom stereocenters. The lowest BCUT2D eigenvalue weighted by Gasteiger charge is -2.33. The number of hydrogen-bond acceptors (Lipinski definition) is 2. The number of benzene rings is 1. The average molecular weight is 255 g/mol. The van der Waals surface area contributed by atoms with Crippen molar-refractivity contribution in [3.05, 3.63) is 34.4 Å². The molecule has 1 heterocycles. The number of cyclic esters (lactones) is 1. The zero-order valence-corrected chi connectivity index (χ0v) is 10.5. The van der Waals surface area contributed by atoms with Crippen LogP contribution in [-0.4, -0.2) is 18.6 Å². The Morgan fingerprint density at radius 3 is 2.39 bits per heavy atom. The van der Waals surface area contributed by atoms with Crippen molar-refractivity contribution >= 4 is 6.09 Å². The third-order valence-corrected chi connectivity index (χ3v) is 3.11. The highest BCUT2D eigenvalue weighted by Crippen LogP contribution is 2.37. The lowest BCUT2D eigenvalue weighted by molar-refractivity contribution is -0.104. The second kappa shape index (κ2) is 4.23. The van der Waals surface area contributed by atoms with Crippen LogP contribution in [-0.2, 0) is 4.74 Å². The smallest absolute Gasteiger partial charge is 0.408 e. The summed E-state index contributed by atoms with van der Waals surface area (Å²) in [5.41, 5.74) is 2.98. The number of alkyl carbamates (subject to hydrolysis) is 1. The Morgan fingerprint density at radius 1 is 1.28 bits per heavy atom. The van der Waals surface area contributed by atoms with Crippen molar-refractivity contribution in [2.75, 3.05) is 6.61 Å². The van der Waals surface area contributed by atoms with Gasteiger partial charge in [0.15, 0.2) is 6.61 Å². The molecule has 0 aromatic heterocycles. The van der Waals surface area contributed by atoms with Crippen LogP contribution in [0.2, 0.25) is 0 Å². The van der Waals surface area contributed by atoms with Crippen LogP contribution < -0.4 is 5.32 Å². The van der Waals surface area contributed by atoms with E-state index in [1.807, 2.05) is 19.1 Å². The predicted octanol–water partition coefficient (Wildman–Crippen LogP) is 3.03. The summed E-state index contributed by atoms with van der Waals surface area (Å²) in [6.45, 7) is 4.57. The van der Waals surface area contributed by atoms with E-state index >= 15 is 0 Å². The Bertz CT molecular complexity index is 477. The molecular weight excluding hydrogens is 240 g/mol. The summed E-state index contributed by atoms with van der Waals surface area (Å²) >= 11 is 0. The van der Waals surface area contributed by atoms with Crippen molar-refractivity contribution in [2.24, 2.45) is 0 Å². The Balaban J connectivity index is 2.49. The van der Waals surface area contributed by atoms with Gasteiger partial charge in [0.2, 0.25) is 0 Å². The molecule has 1 aromatic rings. The molecule has 1 fully saturated rings. The summed E-state index contributed by atoms with van der Waals surface area (Å²) in [6.07, 6.45) is -0.801. The summed E-state index contributed by atoms with van der Waals surface area (Å²) < 4.78 is 32.0. The fraction of sp³-hybridized carbons (Fsp3) is 0.462. The minimum Gasteiger partial charge on any atom is -0.443 e. The fourth-order valence-corrected chi connectivity index (χ4v) is 2.44. The zero-order valence-electron chi connectivity index (χ0n) is 10.5. The first-order valence-electron chi connectivity index (χ1n) is 5.70. The molecule has 0 aliphatic carbocycles. The number of rotatable bonds is 1. The van der Waals surface area contributed by atoms with Crippen LogP contribution in [0.1, 0.15) is 28.3 Å². The molecule has 0 unspecified atom stereocenters. The quantitative estimate of drug-likeness (QED) is 0.837. The van der Waals surface area contributed by atoms with E-state index in [0.29, 0.717) is 5.56 Å². The van der Waals surface area contributed by atoms with Gasteiger partial charge in [-0.25, -0.2) is 13.6 Å². The maximum Gasteiger partial charge on any atom is 0.408 e. The first-order chi connectivity index (χ1) is 8.31. The van der Waals surface area contributed by atoms with Crippen molar-refractivity contribution in [1.82, 2.24) is 5.32 Å². The number of nitrogens with one attached hydrogen (secondary N) is 1. The highest BCUT2D eigenvalue weighted by molar-refractivity contribution is 5.69. The third kappa shape index (κ3) is 2.17. The third-order valence-electron chi connectivity index (χ3n) is 3.11. The fourth-order valence-electron chi connectivity index (χ4n) is 2.44. The van der Waals surface area contributed by atoms with Gasteiger partial charge in [0.25, 0.3) is 0 Å². The molecule has 1 N–H and O–H groups in total. The highest BCUT2D eigenvalue weighted by atomic mass is 19.3. The topological polar surface area (TPSA) is 38.3 Å². The molecule has 1 saturated heterocycles. The molecule has 5 heteroatoms. The van der Waals surface area contributed by atoms with Gasteiger partial charge in [-0.1, -0.05) is 17.7 Å². The van der Waals surface area contributed by atoms with E-state index in [9.17, 15) is 13.6 Å². The van der Waals surface area contributed by atoms with Gasteiger partial charge in [0.1, 0.15) is 6.04 Å².